The molecule has 2 amide bonds. The van der Waals surface area contributed by atoms with Gasteiger partial charge in [0.05, 0.1) is 5.92 Å². The summed E-state index contributed by atoms with van der Waals surface area (Å²) in [5.41, 5.74) is 1.13. The summed E-state index contributed by atoms with van der Waals surface area (Å²) in [7, 11) is 0. The molecule has 1 aliphatic carbocycles. The Morgan fingerprint density at radius 3 is 2.18 bits per heavy atom. The standard InChI is InChI=1S/C18H15NO2S/c20-16-15-11-14(12-7-3-1-4-8-12)18(15,17(21)19-16)22-13-9-5-2-6-10-13/h1-10,14-15H,11H2,(H,19,20,21)/t14-,15-,18+/m1/s1. The second-order valence-corrected chi connectivity index (χ2v) is 7.13. The van der Waals surface area contributed by atoms with Crippen LogP contribution in [0.4, 0.5) is 0 Å². The molecule has 0 bridgehead atoms. The van der Waals surface area contributed by atoms with Crippen LogP contribution < -0.4 is 5.32 Å². The Morgan fingerprint density at radius 2 is 1.55 bits per heavy atom. The van der Waals surface area contributed by atoms with Crippen LogP contribution in [-0.4, -0.2) is 16.6 Å². The van der Waals surface area contributed by atoms with E-state index in [1.54, 1.807) is 0 Å². The molecule has 0 unspecified atom stereocenters. The van der Waals surface area contributed by atoms with Crippen LogP contribution >= 0.6 is 11.8 Å². The topological polar surface area (TPSA) is 46.2 Å². The molecular weight excluding hydrogens is 294 g/mol. The van der Waals surface area contributed by atoms with E-state index in [1.165, 1.54) is 11.8 Å². The Morgan fingerprint density at radius 1 is 0.909 bits per heavy atom. The number of fused-ring (bicyclic) bond motifs is 1. The number of carbonyl (C=O) groups is 2. The van der Waals surface area contributed by atoms with Crippen LogP contribution in [0.1, 0.15) is 17.9 Å². The summed E-state index contributed by atoms with van der Waals surface area (Å²) in [5, 5.41) is 2.54. The molecule has 1 N–H and O–H groups in total. The van der Waals surface area contributed by atoms with Gasteiger partial charge in [0.15, 0.2) is 0 Å². The maximum atomic E-state index is 12.6. The lowest BCUT2D eigenvalue weighted by Crippen LogP contribution is -2.54. The average Bonchev–Trinajstić information content (AvgIpc) is 2.69. The third kappa shape index (κ3) is 1.83. The van der Waals surface area contributed by atoms with Crippen molar-refractivity contribution in [3.63, 3.8) is 0 Å². The summed E-state index contributed by atoms with van der Waals surface area (Å²) in [5.74, 6) is -0.414. The number of hydrogen-bond donors (Lipinski definition) is 1. The van der Waals surface area contributed by atoms with E-state index in [2.05, 4.69) is 5.32 Å². The first-order chi connectivity index (χ1) is 10.7. The lowest BCUT2D eigenvalue weighted by atomic mass is 9.62. The molecular formula is C18H15NO2S. The Hall–Kier alpha value is -2.07. The van der Waals surface area contributed by atoms with Crippen LogP contribution in [0, 0.1) is 5.92 Å². The van der Waals surface area contributed by atoms with Crippen molar-refractivity contribution in [3.8, 4) is 0 Å². The van der Waals surface area contributed by atoms with E-state index in [-0.39, 0.29) is 23.7 Å². The normalized spacial score (nSPS) is 29.6. The van der Waals surface area contributed by atoms with Crippen molar-refractivity contribution in [3.05, 3.63) is 66.2 Å². The first kappa shape index (κ1) is 13.6. The molecule has 0 spiro atoms. The third-order valence-electron chi connectivity index (χ3n) is 4.65. The summed E-state index contributed by atoms with van der Waals surface area (Å²) < 4.78 is -0.695. The van der Waals surface area contributed by atoms with Gasteiger partial charge in [-0.2, -0.15) is 0 Å². The average molecular weight is 309 g/mol. The molecule has 1 saturated heterocycles. The minimum absolute atomic E-state index is 0.0790. The van der Waals surface area contributed by atoms with E-state index in [9.17, 15) is 9.59 Å². The molecule has 4 rings (SSSR count). The molecule has 4 heteroatoms. The highest BCUT2D eigenvalue weighted by molar-refractivity contribution is 8.01. The monoisotopic (exact) mass is 309 g/mol. The van der Waals surface area contributed by atoms with Crippen LogP contribution in [0.15, 0.2) is 65.6 Å². The van der Waals surface area contributed by atoms with Crippen molar-refractivity contribution < 1.29 is 9.59 Å². The fourth-order valence-electron chi connectivity index (χ4n) is 3.52. The van der Waals surface area contributed by atoms with Gasteiger partial charge in [0.25, 0.3) is 0 Å². The highest BCUT2D eigenvalue weighted by atomic mass is 32.2. The molecule has 3 nitrogen and oxygen atoms in total. The fraction of sp³-hybridized carbons (Fsp3) is 0.222. The SMILES string of the molecule is O=C1NC(=O)[C@@]2(Sc3ccccc3)[C@@H]1C[C@@H]2c1ccccc1. The molecule has 2 aromatic carbocycles. The number of thioether (sulfide) groups is 1. The van der Waals surface area contributed by atoms with Gasteiger partial charge in [-0.05, 0) is 24.1 Å². The quantitative estimate of drug-likeness (QED) is 0.887. The van der Waals surface area contributed by atoms with E-state index < -0.39 is 4.75 Å². The lowest BCUT2D eigenvalue weighted by Gasteiger charge is -2.48. The number of benzene rings is 2. The maximum Gasteiger partial charge on any atom is 0.244 e. The zero-order valence-electron chi connectivity index (χ0n) is 11.9. The number of amides is 2. The van der Waals surface area contributed by atoms with E-state index >= 15 is 0 Å². The van der Waals surface area contributed by atoms with E-state index in [0.717, 1.165) is 16.9 Å². The molecule has 2 fully saturated rings. The molecule has 1 heterocycles. The summed E-state index contributed by atoms with van der Waals surface area (Å²) in [6.07, 6.45) is 0.738. The lowest BCUT2D eigenvalue weighted by molar-refractivity contribution is -0.125. The largest absolute Gasteiger partial charge is 0.295 e. The van der Waals surface area contributed by atoms with Crippen LogP contribution in [-0.2, 0) is 9.59 Å². The molecule has 1 aliphatic heterocycles. The van der Waals surface area contributed by atoms with Gasteiger partial charge in [-0.1, -0.05) is 48.5 Å². The van der Waals surface area contributed by atoms with E-state index in [0.29, 0.717) is 0 Å². The van der Waals surface area contributed by atoms with Crippen molar-refractivity contribution in [2.75, 3.05) is 0 Å². The van der Waals surface area contributed by atoms with Gasteiger partial charge in [-0.15, -0.1) is 11.8 Å². The first-order valence-electron chi connectivity index (χ1n) is 7.36. The predicted molar refractivity (Wildman–Crippen MR) is 85.5 cm³/mol. The molecule has 2 aliphatic rings. The van der Waals surface area contributed by atoms with Gasteiger partial charge in [0.2, 0.25) is 11.8 Å². The first-order valence-corrected chi connectivity index (χ1v) is 8.18. The number of carbonyl (C=O) groups excluding carboxylic acids is 2. The predicted octanol–water partition coefficient (Wildman–Crippen LogP) is 2.98. The second-order valence-electron chi connectivity index (χ2n) is 5.78. The van der Waals surface area contributed by atoms with Crippen molar-refractivity contribution in [1.82, 2.24) is 5.32 Å². The minimum Gasteiger partial charge on any atom is -0.295 e. The molecule has 2 aromatic rings. The Bertz CT molecular complexity index is 731. The van der Waals surface area contributed by atoms with Crippen LogP contribution in [0.25, 0.3) is 0 Å². The second kappa shape index (κ2) is 4.99. The molecule has 0 aromatic heterocycles. The smallest absolute Gasteiger partial charge is 0.244 e. The van der Waals surface area contributed by atoms with Gasteiger partial charge >= 0.3 is 0 Å². The third-order valence-corrected chi connectivity index (χ3v) is 6.25. The summed E-state index contributed by atoms with van der Waals surface area (Å²) in [6, 6.07) is 19.9. The molecule has 22 heavy (non-hydrogen) atoms. The number of rotatable bonds is 3. The van der Waals surface area contributed by atoms with Gasteiger partial charge in [-0.3, -0.25) is 14.9 Å². The van der Waals surface area contributed by atoms with Gasteiger partial charge < -0.3 is 0 Å². The van der Waals surface area contributed by atoms with Crippen LogP contribution in [0.2, 0.25) is 0 Å². The fourth-order valence-corrected chi connectivity index (χ4v) is 5.07. The van der Waals surface area contributed by atoms with Gasteiger partial charge in [0.1, 0.15) is 4.75 Å². The van der Waals surface area contributed by atoms with Crippen LogP contribution in [0.5, 0.6) is 0 Å². The zero-order chi connectivity index (χ0) is 15.2. The van der Waals surface area contributed by atoms with Crippen molar-refractivity contribution in [2.24, 2.45) is 5.92 Å². The molecule has 110 valence electrons. The zero-order valence-corrected chi connectivity index (χ0v) is 12.7. The summed E-state index contributed by atoms with van der Waals surface area (Å²) in [6.45, 7) is 0. The highest BCUT2D eigenvalue weighted by Crippen LogP contribution is 2.62. The summed E-state index contributed by atoms with van der Waals surface area (Å²) >= 11 is 1.53. The maximum absolute atomic E-state index is 12.6. The van der Waals surface area contributed by atoms with Gasteiger partial charge in [-0.25, -0.2) is 0 Å². The van der Waals surface area contributed by atoms with Gasteiger partial charge in [0, 0.05) is 10.8 Å². The van der Waals surface area contributed by atoms with E-state index in [4.69, 9.17) is 0 Å². The van der Waals surface area contributed by atoms with E-state index in [1.807, 2.05) is 60.7 Å². The highest BCUT2D eigenvalue weighted by Gasteiger charge is 2.68. The molecule has 3 atom stereocenters. The van der Waals surface area contributed by atoms with Crippen molar-refractivity contribution >= 4 is 23.6 Å². The molecule has 1 saturated carbocycles. The Balaban J connectivity index is 1.76. The van der Waals surface area contributed by atoms with Crippen LogP contribution in [0.3, 0.4) is 0 Å². The Kier molecular flexibility index (Phi) is 3.08. The minimum atomic E-state index is -0.695. The number of hydrogen-bond acceptors (Lipinski definition) is 3. The number of nitrogens with one attached hydrogen (secondary N) is 1. The Labute approximate surface area is 133 Å². The van der Waals surface area contributed by atoms with Crippen molar-refractivity contribution in [1.29, 1.82) is 0 Å². The number of imide groups is 1. The molecule has 0 radical (unpaired) electrons. The summed E-state index contributed by atoms with van der Waals surface area (Å²) in [4.78, 5) is 25.7. The van der Waals surface area contributed by atoms with Crippen molar-refractivity contribution in [2.45, 2.75) is 22.0 Å².